The minimum absolute atomic E-state index is 0.519. The van der Waals surface area contributed by atoms with Gasteiger partial charge in [0.1, 0.15) is 11.5 Å². The molecular weight excluding hydrogens is 118 g/mol. The van der Waals surface area contributed by atoms with Crippen molar-refractivity contribution >= 4 is 10.9 Å². The van der Waals surface area contributed by atoms with Crippen LogP contribution < -0.4 is 0 Å². The zero-order valence-electron chi connectivity index (χ0n) is 4.89. The van der Waals surface area contributed by atoms with Crippen LogP contribution in [0.4, 0.5) is 0 Å². The van der Waals surface area contributed by atoms with Crippen molar-refractivity contribution in [2.24, 2.45) is 0 Å². The largest absolute Gasteiger partial charge is 0.361 e. The molecule has 0 saturated carbocycles. The summed E-state index contributed by atoms with van der Waals surface area (Å²) in [6, 6.07) is 0. The molecular formula is C6H10NS+. The minimum Gasteiger partial charge on any atom is -0.265 e. The zero-order valence-corrected chi connectivity index (χ0v) is 5.71. The fourth-order valence-electron chi connectivity index (χ4n) is 0.935. The van der Waals surface area contributed by atoms with Gasteiger partial charge in [-0.05, 0) is 12.8 Å². The maximum Gasteiger partial charge on any atom is 0.361 e. The zero-order chi connectivity index (χ0) is 5.82. The molecule has 1 heterocycles. The number of rotatable bonds is 1. The van der Waals surface area contributed by atoms with Crippen molar-refractivity contribution in [1.29, 1.82) is 0 Å². The molecule has 8 heavy (non-hydrogen) atoms. The Morgan fingerprint density at radius 1 is 1.38 bits per heavy atom. The SMILES string of the molecule is [C-]#[N+]C[S+]1CCCC1. The van der Waals surface area contributed by atoms with Gasteiger partial charge in [-0.1, -0.05) is 0 Å². The molecule has 1 aliphatic heterocycles. The van der Waals surface area contributed by atoms with Gasteiger partial charge in [-0.2, -0.15) is 0 Å². The third-order valence-electron chi connectivity index (χ3n) is 1.36. The van der Waals surface area contributed by atoms with E-state index >= 15 is 0 Å². The first kappa shape index (κ1) is 5.97. The van der Waals surface area contributed by atoms with Gasteiger partial charge in [0.15, 0.2) is 0 Å². The standard InChI is InChI=1S/C6H10NS/c1-7-6-8-4-2-3-5-8/h2-6H2/q+1. The Labute approximate surface area is 53.3 Å². The average molecular weight is 128 g/mol. The highest BCUT2D eigenvalue weighted by Crippen LogP contribution is 2.12. The molecule has 0 atom stereocenters. The highest BCUT2D eigenvalue weighted by atomic mass is 32.2. The van der Waals surface area contributed by atoms with Crippen molar-refractivity contribution in [2.45, 2.75) is 12.8 Å². The van der Waals surface area contributed by atoms with Gasteiger partial charge in [0, 0.05) is 0 Å². The Morgan fingerprint density at radius 3 is 2.50 bits per heavy atom. The monoisotopic (exact) mass is 128 g/mol. The van der Waals surface area contributed by atoms with Crippen LogP contribution in [0.1, 0.15) is 12.8 Å². The van der Waals surface area contributed by atoms with E-state index in [1.807, 2.05) is 0 Å². The smallest absolute Gasteiger partial charge is 0.265 e. The molecule has 0 bridgehead atoms. The third-order valence-corrected chi connectivity index (χ3v) is 3.59. The van der Waals surface area contributed by atoms with Gasteiger partial charge in [0.05, 0.1) is 10.9 Å². The van der Waals surface area contributed by atoms with Crippen LogP contribution in [-0.2, 0) is 10.9 Å². The molecule has 0 unspecified atom stereocenters. The second-order valence-corrected chi connectivity index (χ2v) is 4.31. The van der Waals surface area contributed by atoms with Crippen LogP contribution in [0.5, 0.6) is 0 Å². The fraction of sp³-hybridized carbons (Fsp3) is 0.833. The topological polar surface area (TPSA) is 4.36 Å². The molecule has 0 N–H and O–H groups in total. The van der Waals surface area contributed by atoms with Gasteiger partial charge < -0.3 is 0 Å². The highest BCUT2D eigenvalue weighted by molar-refractivity contribution is 7.97. The number of nitrogens with zero attached hydrogens (tertiary/aromatic N) is 1. The van der Waals surface area contributed by atoms with Crippen LogP contribution in [0.25, 0.3) is 4.85 Å². The van der Waals surface area contributed by atoms with E-state index in [0.717, 1.165) is 5.88 Å². The summed E-state index contributed by atoms with van der Waals surface area (Å²) < 4.78 is 0. The van der Waals surface area contributed by atoms with Gasteiger partial charge in [-0.3, -0.25) is 4.85 Å². The molecule has 0 radical (unpaired) electrons. The van der Waals surface area contributed by atoms with Crippen molar-refractivity contribution in [3.8, 4) is 0 Å². The second-order valence-electron chi connectivity index (χ2n) is 2.01. The predicted molar refractivity (Wildman–Crippen MR) is 37.8 cm³/mol. The molecule has 0 aliphatic carbocycles. The highest BCUT2D eigenvalue weighted by Gasteiger charge is 2.25. The summed E-state index contributed by atoms with van der Waals surface area (Å²) in [7, 11) is 0.519. The summed E-state index contributed by atoms with van der Waals surface area (Å²) >= 11 is 0. The Kier molecular flexibility index (Phi) is 2.23. The van der Waals surface area contributed by atoms with Crippen molar-refractivity contribution in [3.63, 3.8) is 0 Å². The molecule has 0 aromatic carbocycles. The first-order valence-corrected chi connectivity index (χ1v) is 4.64. The van der Waals surface area contributed by atoms with Gasteiger partial charge in [0.2, 0.25) is 0 Å². The lowest BCUT2D eigenvalue weighted by molar-refractivity contribution is 0.949. The van der Waals surface area contributed by atoms with E-state index in [0.29, 0.717) is 10.9 Å². The van der Waals surface area contributed by atoms with E-state index in [1.54, 1.807) is 0 Å². The van der Waals surface area contributed by atoms with E-state index in [4.69, 9.17) is 6.57 Å². The first-order chi connectivity index (χ1) is 3.93. The van der Waals surface area contributed by atoms with Crippen LogP contribution >= 0.6 is 0 Å². The summed E-state index contributed by atoms with van der Waals surface area (Å²) in [4.78, 5) is 3.38. The Bertz CT molecular complexity index is 99.6. The van der Waals surface area contributed by atoms with Crippen molar-refractivity contribution in [1.82, 2.24) is 0 Å². The van der Waals surface area contributed by atoms with Crippen molar-refractivity contribution in [3.05, 3.63) is 11.4 Å². The molecule has 1 nitrogen and oxygen atoms in total. The molecule has 0 amide bonds. The lowest BCUT2D eigenvalue weighted by atomic mass is 10.4. The molecule has 1 rings (SSSR count). The summed E-state index contributed by atoms with van der Waals surface area (Å²) in [5.74, 6) is 3.48. The number of hydrogen-bond acceptors (Lipinski definition) is 0. The summed E-state index contributed by atoms with van der Waals surface area (Å²) in [6.07, 6.45) is 2.75. The van der Waals surface area contributed by atoms with Crippen LogP contribution in [0.3, 0.4) is 0 Å². The molecule has 1 fully saturated rings. The van der Waals surface area contributed by atoms with E-state index < -0.39 is 0 Å². The Balaban J connectivity index is 2.17. The van der Waals surface area contributed by atoms with Crippen LogP contribution in [0.2, 0.25) is 0 Å². The molecule has 44 valence electrons. The van der Waals surface area contributed by atoms with Crippen molar-refractivity contribution < 1.29 is 0 Å². The van der Waals surface area contributed by atoms with E-state index in [2.05, 4.69) is 4.85 Å². The summed E-state index contributed by atoms with van der Waals surface area (Å²) in [5, 5.41) is 0. The average Bonchev–Trinajstić information content (AvgIpc) is 2.19. The molecule has 0 aromatic rings. The minimum atomic E-state index is 0.519. The molecule has 0 aromatic heterocycles. The van der Waals surface area contributed by atoms with Crippen LogP contribution in [-0.4, -0.2) is 17.4 Å². The van der Waals surface area contributed by atoms with Crippen LogP contribution in [0, 0.1) is 6.57 Å². The van der Waals surface area contributed by atoms with Gasteiger partial charge in [-0.25, -0.2) is 6.57 Å². The van der Waals surface area contributed by atoms with E-state index in [9.17, 15) is 0 Å². The summed E-state index contributed by atoms with van der Waals surface area (Å²) in [6.45, 7) is 6.60. The van der Waals surface area contributed by atoms with Gasteiger partial charge in [-0.15, -0.1) is 0 Å². The maximum absolute atomic E-state index is 6.60. The lowest BCUT2D eigenvalue weighted by Gasteiger charge is -1.85. The first-order valence-electron chi connectivity index (χ1n) is 2.91. The van der Waals surface area contributed by atoms with Crippen molar-refractivity contribution in [2.75, 3.05) is 17.4 Å². The molecule has 1 aliphatic rings. The predicted octanol–water partition coefficient (Wildman–Crippen LogP) is 1.28. The lowest BCUT2D eigenvalue weighted by Crippen LogP contribution is -2.04. The quantitative estimate of drug-likeness (QED) is 0.370. The molecule has 1 saturated heterocycles. The Morgan fingerprint density at radius 2 is 2.00 bits per heavy atom. The second kappa shape index (κ2) is 2.99. The molecule has 0 spiro atoms. The number of hydrogen-bond donors (Lipinski definition) is 0. The van der Waals surface area contributed by atoms with E-state index in [-0.39, 0.29) is 0 Å². The Hall–Kier alpha value is -0.160. The normalized spacial score (nSPS) is 20.9. The van der Waals surface area contributed by atoms with Gasteiger partial charge in [0.25, 0.3) is 0 Å². The maximum atomic E-state index is 6.60. The third kappa shape index (κ3) is 1.41. The van der Waals surface area contributed by atoms with E-state index in [1.165, 1.54) is 24.3 Å². The van der Waals surface area contributed by atoms with Gasteiger partial charge >= 0.3 is 5.88 Å². The molecule has 2 heteroatoms. The van der Waals surface area contributed by atoms with Crippen LogP contribution in [0.15, 0.2) is 0 Å². The fourth-order valence-corrected chi connectivity index (χ4v) is 2.80. The summed E-state index contributed by atoms with van der Waals surface area (Å²) in [5.41, 5.74) is 0.